The van der Waals surface area contributed by atoms with Gasteiger partial charge in [0.15, 0.2) is 5.96 Å². The molecule has 0 saturated heterocycles. The van der Waals surface area contributed by atoms with Crippen molar-refractivity contribution in [2.75, 3.05) is 13.1 Å². The lowest BCUT2D eigenvalue weighted by Gasteiger charge is -2.21. The largest absolute Gasteiger partial charge is 0.480 e. The van der Waals surface area contributed by atoms with Crippen LogP contribution in [0.4, 0.5) is 0 Å². The van der Waals surface area contributed by atoms with Gasteiger partial charge in [-0.1, -0.05) is 0 Å². The van der Waals surface area contributed by atoms with Gasteiger partial charge in [-0.15, -0.1) is 0 Å². The third-order valence-electron chi connectivity index (χ3n) is 4.37. The van der Waals surface area contributed by atoms with Crippen LogP contribution in [-0.4, -0.2) is 72.0 Å². The number of carboxylic acids is 1. The van der Waals surface area contributed by atoms with E-state index in [1.807, 2.05) is 0 Å². The summed E-state index contributed by atoms with van der Waals surface area (Å²) in [5.41, 5.74) is 21.6. The Morgan fingerprint density at radius 1 is 0.871 bits per heavy atom. The number of carbonyl (C=O) groups excluding carboxylic acids is 3. The zero-order valence-corrected chi connectivity index (χ0v) is 18.1. The second kappa shape index (κ2) is 15.0. The number of nitrogens with one attached hydrogen (secondary N) is 3. The van der Waals surface area contributed by atoms with Gasteiger partial charge in [0.05, 0.1) is 6.04 Å². The lowest BCUT2D eigenvalue weighted by Crippen LogP contribution is -2.55. The van der Waals surface area contributed by atoms with Gasteiger partial charge in [-0.05, 0) is 52.5 Å². The number of unbranched alkanes of at least 4 members (excludes halogenated alkanes) is 1. The quantitative estimate of drug-likeness (QED) is 0.0731. The molecule has 4 unspecified atom stereocenters. The van der Waals surface area contributed by atoms with Crippen molar-refractivity contribution < 1.29 is 24.3 Å². The number of amides is 3. The number of aliphatic carboxylic acids is 1. The molecule has 13 heteroatoms. The van der Waals surface area contributed by atoms with E-state index in [0.29, 0.717) is 38.8 Å². The Bertz CT molecular complexity index is 638. The van der Waals surface area contributed by atoms with Crippen LogP contribution in [0.25, 0.3) is 0 Å². The van der Waals surface area contributed by atoms with Crippen molar-refractivity contribution in [3.63, 3.8) is 0 Å². The molecule has 0 aromatic rings. The first-order chi connectivity index (χ1) is 14.5. The number of hydrogen-bond donors (Lipinski definition) is 8. The molecule has 0 fully saturated rings. The van der Waals surface area contributed by atoms with E-state index in [9.17, 15) is 24.3 Å². The Morgan fingerprint density at radius 2 is 1.42 bits per heavy atom. The minimum atomic E-state index is -1.17. The second-order valence-corrected chi connectivity index (χ2v) is 7.20. The van der Waals surface area contributed by atoms with Gasteiger partial charge in [0.1, 0.15) is 18.1 Å². The van der Waals surface area contributed by atoms with Crippen molar-refractivity contribution in [2.24, 2.45) is 27.9 Å². The molecule has 0 aromatic carbocycles. The van der Waals surface area contributed by atoms with Crippen molar-refractivity contribution in [1.82, 2.24) is 16.0 Å². The number of guanidine groups is 1. The highest BCUT2D eigenvalue weighted by Crippen LogP contribution is 2.02. The molecule has 178 valence electrons. The van der Waals surface area contributed by atoms with Crippen LogP contribution in [0.3, 0.4) is 0 Å². The molecule has 0 aliphatic rings. The molecule has 0 aromatic heterocycles. The van der Waals surface area contributed by atoms with E-state index >= 15 is 0 Å². The molecular weight excluding hydrogens is 408 g/mol. The van der Waals surface area contributed by atoms with E-state index in [1.54, 1.807) is 0 Å². The number of hydrogen-bond acceptors (Lipinski definition) is 7. The van der Waals surface area contributed by atoms with E-state index in [2.05, 4.69) is 20.9 Å². The molecule has 3 amide bonds. The van der Waals surface area contributed by atoms with E-state index in [4.69, 9.17) is 22.9 Å². The lowest BCUT2D eigenvalue weighted by atomic mass is 10.1. The first kappa shape index (κ1) is 28.1. The summed E-state index contributed by atoms with van der Waals surface area (Å²) in [4.78, 5) is 51.6. The minimum Gasteiger partial charge on any atom is -0.480 e. The van der Waals surface area contributed by atoms with Gasteiger partial charge in [0, 0.05) is 6.54 Å². The molecule has 0 saturated carbocycles. The Balaban J connectivity index is 4.52. The number of carbonyl (C=O) groups is 4. The van der Waals surface area contributed by atoms with Gasteiger partial charge in [-0.3, -0.25) is 19.4 Å². The average Bonchev–Trinajstić information content (AvgIpc) is 2.69. The van der Waals surface area contributed by atoms with E-state index in [1.165, 1.54) is 13.8 Å². The summed E-state index contributed by atoms with van der Waals surface area (Å²) in [7, 11) is 0. The molecular formula is C18H36N8O5. The smallest absolute Gasteiger partial charge is 0.326 e. The molecule has 12 N–H and O–H groups in total. The van der Waals surface area contributed by atoms with Gasteiger partial charge in [0.2, 0.25) is 17.7 Å². The summed E-state index contributed by atoms with van der Waals surface area (Å²) in [5, 5.41) is 16.5. The third-order valence-corrected chi connectivity index (χ3v) is 4.37. The molecule has 0 radical (unpaired) electrons. The van der Waals surface area contributed by atoms with E-state index in [0.717, 1.165) is 0 Å². The fourth-order valence-corrected chi connectivity index (χ4v) is 2.49. The van der Waals surface area contributed by atoms with Gasteiger partial charge >= 0.3 is 5.97 Å². The molecule has 13 nitrogen and oxygen atoms in total. The summed E-state index contributed by atoms with van der Waals surface area (Å²) >= 11 is 0. The van der Waals surface area contributed by atoms with E-state index < -0.39 is 47.9 Å². The monoisotopic (exact) mass is 444 g/mol. The van der Waals surface area contributed by atoms with Crippen LogP contribution in [0.1, 0.15) is 46.0 Å². The predicted molar refractivity (Wildman–Crippen MR) is 116 cm³/mol. The maximum absolute atomic E-state index is 12.3. The van der Waals surface area contributed by atoms with Crippen LogP contribution in [-0.2, 0) is 19.2 Å². The maximum atomic E-state index is 12.3. The Labute approximate surface area is 181 Å². The predicted octanol–water partition coefficient (Wildman–Crippen LogP) is -2.92. The highest BCUT2D eigenvalue weighted by molar-refractivity contribution is 5.93. The van der Waals surface area contributed by atoms with Gasteiger partial charge in [0.25, 0.3) is 0 Å². The number of aliphatic imine (C=N–C) groups is 1. The minimum absolute atomic E-state index is 0.0493. The zero-order valence-electron chi connectivity index (χ0n) is 18.1. The van der Waals surface area contributed by atoms with Crippen LogP contribution in [0.5, 0.6) is 0 Å². The standard InChI is InChI=1S/C18H36N8O5/c1-10(25-16(29)12(20)6-5-9-23-18(21)22)14(27)24-11(2)15(28)26-13(17(30)31)7-3-4-8-19/h10-13H,3-9,19-20H2,1-2H3,(H,24,27)(H,25,29)(H,26,28)(H,30,31)(H4,21,22,23). The molecule has 31 heavy (non-hydrogen) atoms. The van der Waals surface area contributed by atoms with Crippen LogP contribution in [0.15, 0.2) is 4.99 Å². The number of rotatable bonds is 15. The summed E-state index contributed by atoms with van der Waals surface area (Å²) in [6.07, 6.45) is 2.21. The maximum Gasteiger partial charge on any atom is 0.326 e. The summed E-state index contributed by atoms with van der Waals surface area (Å²) in [6, 6.07) is -3.88. The van der Waals surface area contributed by atoms with Crippen molar-refractivity contribution in [2.45, 2.75) is 70.1 Å². The van der Waals surface area contributed by atoms with Crippen molar-refractivity contribution in [3.8, 4) is 0 Å². The first-order valence-electron chi connectivity index (χ1n) is 10.1. The first-order valence-corrected chi connectivity index (χ1v) is 10.1. The summed E-state index contributed by atoms with van der Waals surface area (Å²) < 4.78 is 0. The lowest BCUT2D eigenvalue weighted by molar-refractivity contribution is -0.142. The highest BCUT2D eigenvalue weighted by Gasteiger charge is 2.26. The number of nitrogens with zero attached hydrogens (tertiary/aromatic N) is 1. The summed E-state index contributed by atoms with van der Waals surface area (Å²) in [6.45, 7) is 3.61. The molecule has 0 aliphatic heterocycles. The Hall–Kier alpha value is -2.93. The van der Waals surface area contributed by atoms with Gasteiger partial charge in [-0.2, -0.15) is 0 Å². The SMILES string of the molecule is CC(NC(=O)C(N)CCCN=C(N)N)C(=O)NC(C)C(=O)NC(CCCCN)C(=O)O. The van der Waals surface area contributed by atoms with Crippen LogP contribution >= 0.6 is 0 Å². The zero-order chi connectivity index (χ0) is 24.0. The van der Waals surface area contributed by atoms with Gasteiger partial charge < -0.3 is 44.0 Å². The highest BCUT2D eigenvalue weighted by atomic mass is 16.4. The van der Waals surface area contributed by atoms with Crippen molar-refractivity contribution >= 4 is 29.7 Å². The molecule has 0 spiro atoms. The fraction of sp³-hybridized carbons (Fsp3) is 0.722. The fourth-order valence-electron chi connectivity index (χ4n) is 2.49. The second-order valence-electron chi connectivity index (χ2n) is 7.20. The van der Waals surface area contributed by atoms with E-state index in [-0.39, 0.29) is 12.4 Å². The third kappa shape index (κ3) is 12.4. The number of carboxylic acid groups (broad SMARTS) is 1. The van der Waals surface area contributed by atoms with Crippen molar-refractivity contribution in [3.05, 3.63) is 0 Å². The van der Waals surface area contributed by atoms with Crippen molar-refractivity contribution in [1.29, 1.82) is 0 Å². The molecule has 0 aliphatic carbocycles. The van der Waals surface area contributed by atoms with Crippen LogP contribution in [0, 0.1) is 0 Å². The molecule has 4 atom stereocenters. The topological polar surface area (TPSA) is 241 Å². The van der Waals surface area contributed by atoms with Crippen LogP contribution in [0.2, 0.25) is 0 Å². The number of nitrogens with two attached hydrogens (primary N) is 4. The average molecular weight is 445 g/mol. The Kier molecular flexibility index (Phi) is 13.5. The molecule has 0 heterocycles. The summed E-state index contributed by atoms with van der Waals surface area (Å²) in [5.74, 6) is -3.01. The van der Waals surface area contributed by atoms with Gasteiger partial charge in [-0.25, -0.2) is 4.79 Å². The normalized spacial score (nSPS) is 14.5. The molecule has 0 bridgehead atoms. The Morgan fingerprint density at radius 3 is 1.94 bits per heavy atom. The van der Waals surface area contributed by atoms with Crippen LogP contribution < -0.4 is 38.9 Å². The molecule has 0 rings (SSSR count).